The number of aliphatic carboxylic acids is 3. The van der Waals surface area contributed by atoms with Crippen LogP contribution in [-0.2, 0) is 57.5 Å². The molecule has 0 aromatic heterocycles. The van der Waals surface area contributed by atoms with Gasteiger partial charge < -0.3 is 86.3 Å². The maximum Gasteiger partial charge on any atom is 0.326 e. The van der Waals surface area contributed by atoms with Gasteiger partial charge in [-0.05, 0) is 45.4 Å². The van der Waals surface area contributed by atoms with Crippen LogP contribution in [0.2, 0.25) is 0 Å². The molecular formula is C37H63N13O16. The van der Waals surface area contributed by atoms with Crippen LogP contribution in [0, 0.1) is 5.92 Å². The molecule has 66 heavy (non-hydrogen) atoms. The number of amides is 9. The topological polar surface area (TPSA) is 512 Å². The lowest BCUT2D eigenvalue weighted by Gasteiger charge is -2.29. The number of hydrogen-bond acceptors (Lipinski definition) is 15. The van der Waals surface area contributed by atoms with Gasteiger partial charge in [-0.3, -0.25) is 57.7 Å². The molecule has 0 aromatic carbocycles. The molecule has 9 amide bonds. The Kier molecular flexibility index (Phi) is 26.1. The highest BCUT2D eigenvalue weighted by atomic mass is 16.4. The highest BCUT2D eigenvalue weighted by Crippen LogP contribution is 2.12. The number of carboxylic acid groups (broad SMARTS) is 3. The van der Waals surface area contributed by atoms with Crippen LogP contribution in [0.25, 0.3) is 0 Å². The Bertz CT molecular complexity index is 1810. The van der Waals surface area contributed by atoms with Crippen molar-refractivity contribution in [3.8, 4) is 0 Å². The Balaban J connectivity index is 6.43. The van der Waals surface area contributed by atoms with Crippen LogP contribution < -0.4 is 65.9 Å². The van der Waals surface area contributed by atoms with Crippen molar-refractivity contribution in [1.82, 2.24) is 37.2 Å². The number of aliphatic imine (C=N–C) groups is 1. The molecule has 10 atom stereocenters. The van der Waals surface area contributed by atoms with Crippen molar-refractivity contribution < 1.29 is 78.0 Å². The molecule has 0 rings (SSSR count). The molecule has 372 valence electrons. The van der Waals surface area contributed by atoms with Crippen LogP contribution in [0.15, 0.2) is 4.99 Å². The first-order valence-corrected chi connectivity index (χ1v) is 20.5. The van der Waals surface area contributed by atoms with Crippen molar-refractivity contribution in [3.05, 3.63) is 0 Å². The van der Waals surface area contributed by atoms with Crippen molar-refractivity contribution in [1.29, 1.82) is 0 Å². The highest BCUT2D eigenvalue weighted by molar-refractivity contribution is 5.99. The van der Waals surface area contributed by atoms with Gasteiger partial charge in [-0.15, -0.1) is 0 Å². The Morgan fingerprint density at radius 2 is 1.00 bits per heavy atom. The van der Waals surface area contributed by atoms with Gasteiger partial charge in [0.05, 0.1) is 18.9 Å². The summed E-state index contributed by atoms with van der Waals surface area (Å²) in [5.74, 6) is -15.6. The van der Waals surface area contributed by atoms with Crippen molar-refractivity contribution in [2.45, 2.75) is 140 Å². The van der Waals surface area contributed by atoms with Gasteiger partial charge in [0.25, 0.3) is 0 Å². The van der Waals surface area contributed by atoms with Crippen LogP contribution in [0.4, 0.5) is 0 Å². The normalized spacial score (nSPS) is 15.4. The third-order valence-electron chi connectivity index (χ3n) is 9.57. The first-order chi connectivity index (χ1) is 30.6. The minimum atomic E-state index is -1.98. The predicted molar refractivity (Wildman–Crippen MR) is 227 cm³/mol. The van der Waals surface area contributed by atoms with E-state index in [9.17, 15) is 78.0 Å². The zero-order valence-electron chi connectivity index (χ0n) is 36.9. The molecule has 0 heterocycles. The van der Waals surface area contributed by atoms with E-state index < -0.39 is 170 Å². The van der Waals surface area contributed by atoms with E-state index in [2.05, 4.69) is 36.9 Å². The predicted octanol–water partition coefficient (Wildman–Crippen LogP) is -7.23. The highest BCUT2D eigenvalue weighted by Gasteiger charge is 2.36. The van der Waals surface area contributed by atoms with Gasteiger partial charge in [0, 0.05) is 19.4 Å². The van der Waals surface area contributed by atoms with Crippen LogP contribution in [0.3, 0.4) is 0 Å². The van der Waals surface area contributed by atoms with Crippen molar-refractivity contribution in [2.24, 2.45) is 39.6 Å². The Morgan fingerprint density at radius 3 is 1.48 bits per heavy atom. The average molecular weight is 946 g/mol. The summed E-state index contributed by atoms with van der Waals surface area (Å²) in [6, 6.07) is -13.3. The van der Waals surface area contributed by atoms with Gasteiger partial charge >= 0.3 is 17.9 Å². The molecule has 0 unspecified atom stereocenters. The van der Waals surface area contributed by atoms with E-state index in [1.165, 1.54) is 13.8 Å². The monoisotopic (exact) mass is 945 g/mol. The van der Waals surface area contributed by atoms with Crippen LogP contribution in [-0.4, -0.2) is 158 Å². The standard InChI is InChI=1S/C37H63N13O16/c1-5-15(2)28(50-31(60)18(7-6-12-43-37(41)42)46-34(63)27(40)17(4)51)35(64)49-22(14-26(56)57)33(62)45-19(9-11-25(54)55)30(59)44-16(3)29(58)48-21(13-24(39)53)32(61)47-20(36(65)66)8-10-23(38)52/h15-22,27-28,51H,5-14,40H2,1-4H3,(H2,38,52)(H2,39,53)(H,44,59)(H,45,62)(H,46,63)(H,47,61)(H,48,58)(H,49,64)(H,50,60)(H,54,55)(H,56,57)(H,65,66)(H4,41,42,43)/t15-,16-,17+,18-,19-,20-,21-,22-,27-,28-/m0/s1. The molecular weight excluding hydrogens is 882 g/mol. The van der Waals surface area contributed by atoms with E-state index in [4.69, 9.17) is 28.7 Å². The van der Waals surface area contributed by atoms with E-state index in [0.29, 0.717) is 0 Å². The lowest BCUT2D eigenvalue weighted by atomic mass is 9.96. The summed E-state index contributed by atoms with van der Waals surface area (Å²) in [7, 11) is 0. The lowest BCUT2D eigenvalue weighted by molar-refractivity contribution is -0.143. The SMILES string of the molecule is CC[C@H](C)[C@H](NC(=O)[C@H](CCCN=C(N)N)NC(=O)[C@@H](N)[C@@H](C)O)C(=O)N[C@@H](CC(=O)O)C(=O)N[C@@H](CCC(=O)O)C(=O)N[C@@H](C)C(=O)N[C@@H](CC(N)=O)C(=O)N[C@@H](CCC(N)=O)C(=O)O. The number of nitrogens with zero attached hydrogens (tertiary/aromatic N) is 1. The van der Waals surface area contributed by atoms with Gasteiger partial charge in [0.15, 0.2) is 5.96 Å². The first-order valence-electron chi connectivity index (χ1n) is 20.5. The van der Waals surface area contributed by atoms with E-state index in [0.717, 1.165) is 6.92 Å². The molecule has 0 spiro atoms. The first kappa shape index (κ1) is 58.8. The molecule has 29 nitrogen and oxygen atoms in total. The number of rotatable bonds is 32. The number of guanidine groups is 1. The largest absolute Gasteiger partial charge is 0.481 e. The van der Waals surface area contributed by atoms with Gasteiger partial charge in [0.1, 0.15) is 48.3 Å². The molecule has 0 radical (unpaired) electrons. The second-order valence-corrected chi connectivity index (χ2v) is 15.2. The molecule has 0 bridgehead atoms. The zero-order valence-corrected chi connectivity index (χ0v) is 36.9. The molecule has 0 aliphatic heterocycles. The molecule has 0 aliphatic rings. The minimum absolute atomic E-state index is 0.0256. The number of carbonyl (C=O) groups is 12. The van der Waals surface area contributed by atoms with Crippen LogP contribution in [0.1, 0.15) is 85.5 Å². The molecule has 0 fully saturated rings. The maximum absolute atomic E-state index is 13.8. The third kappa shape index (κ3) is 23.0. The number of primary amides is 2. The van der Waals surface area contributed by atoms with Gasteiger partial charge in [-0.2, -0.15) is 0 Å². The fourth-order valence-electron chi connectivity index (χ4n) is 5.57. The summed E-state index contributed by atoms with van der Waals surface area (Å²) in [4.78, 5) is 155. The smallest absolute Gasteiger partial charge is 0.326 e. The number of aliphatic hydroxyl groups excluding tert-OH is 1. The fraction of sp³-hybridized carbons (Fsp3) is 0.649. The van der Waals surface area contributed by atoms with Gasteiger partial charge in [-0.1, -0.05) is 20.3 Å². The summed E-state index contributed by atoms with van der Waals surface area (Å²) in [6.45, 7) is 5.49. The fourth-order valence-corrected chi connectivity index (χ4v) is 5.57. The molecule has 0 aliphatic carbocycles. The quantitative estimate of drug-likeness (QED) is 0.0169. The number of nitrogens with one attached hydrogen (secondary N) is 7. The maximum atomic E-state index is 13.8. The average Bonchev–Trinajstić information content (AvgIpc) is 3.21. The summed E-state index contributed by atoms with van der Waals surface area (Å²) < 4.78 is 0. The van der Waals surface area contributed by atoms with Crippen molar-refractivity contribution in [2.75, 3.05) is 6.54 Å². The van der Waals surface area contributed by atoms with E-state index >= 15 is 0 Å². The van der Waals surface area contributed by atoms with E-state index in [1.54, 1.807) is 6.92 Å². The number of carbonyl (C=O) groups excluding carboxylic acids is 9. The lowest BCUT2D eigenvalue weighted by Crippen LogP contribution is -2.61. The van der Waals surface area contributed by atoms with E-state index in [-0.39, 0.29) is 31.8 Å². The summed E-state index contributed by atoms with van der Waals surface area (Å²) in [5.41, 5.74) is 26.6. The molecule has 29 heteroatoms. The third-order valence-corrected chi connectivity index (χ3v) is 9.57. The number of nitrogens with two attached hydrogens (primary N) is 5. The van der Waals surface area contributed by atoms with Gasteiger partial charge in [-0.25, -0.2) is 4.79 Å². The molecule has 0 saturated carbocycles. The van der Waals surface area contributed by atoms with Crippen molar-refractivity contribution in [3.63, 3.8) is 0 Å². The number of aliphatic hydroxyl groups is 1. The summed E-state index contributed by atoms with van der Waals surface area (Å²) in [6.07, 6.45) is -5.40. The Morgan fingerprint density at radius 1 is 0.530 bits per heavy atom. The Hall–Kier alpha value is -7.17. The van der Waals surface area contributed by atoms with Crippen LogP contribution in [0.5, 0.6) is 0 Å². The summed E-state index contributed by atoms with van der Waals surface area (Å²) in [5, 5.41) is 53.7. The molecule has 21 N–H and O–H groups in total. The zero-order chi connectivity index (χ0) is 51.0. The summed E-state index contributed by atoms with van der Waals surface area (Å²) >= 11 is 0. The molecule has 0 saturated heterocycles. The molecule has 0 aromatic rings. The minimum Gasteiger partial charge on any atom is -0.481 e. The second-order valence-electron chi connectivity index (χ2n) is 15.2. The number of carboxylic acids is 3. The van der Waals surface area contributed by atoms with Crippen LogP contribution >= 0.6 is 0 Å². The van der Waals surface area contributed by atoms with E-state index in [1.807, 2.05) is 5.32 Å². The Labute approximate surface area is 377 Å². The van der Waals surface area contributed by atoms with Gasteiger partial charge in [0.2, 0.25) is 53.2 Å². The van der Waals surface area contributed by atoms with Crippen molar-refractivity contribution >= 4 is 77.0 Å². The second kappa shape index (κ2) is 29.3. The number of hydrogen-bond donors (Lipinski definition) is 16.